The van der Waals surface area contributed by atoms with Crippen molar-refractivity contribution < 1.29 is 20.4 Å². The van der Waals surface area contributed by atoms with E-state index in [1.165, 1.54) is 38.5 Å². The Morgan fingerprint density at radius 1 is 0.667 bits per heavy atom. The molecular weight excluding hydrogens is 330 g/mol. The molecule has 0 atom stereocenters. The van der Waals surface area contributed by atoms with Crippen molar-refractivity contribution in [3.05, 3.63) is 0 Å². The van der Waals surface area contributed by atoms with Gasteiger partial charge in [-0.25, -0.2) is 0 Å². The summed E-state index contributed by atoms with van der Waals surface area (Å²) in [4.78, 5) is 0. The Kier molecular flexibility index (Phi) is 7.39. The van der Waals surface area contributed by atoms with E-state index >= 15 is 0 Å². The third kappa shape index (κ3) is 4.58. The quantitative estimate of drug-likeness (QED) is 0.439. The molecule has 0 aromatic rings. The molecule has 2 aliphatic rings. The molecule has 0 spiro atoms. The van der Waals surface area contributed by atoms with E-state index in [0.29, 0.717) is 5.16 Å². The van der Waals surface area contributed by atoms with Crippen LogP contribution in [0.2, 0.25) is 0 Å². The smallest absolute Gasteiger partial charge is 0.0530 e. The van der Waals surface area contributed by atoms with Crippen LogP contribution in [0.4, 0.5) is 0 Å². The first-order valence-electron chi connectivity index (χ1n) is 7.96. The van der Waals surface area contributed by atoms with E-state index in [1.807, 2.05) is 0 Å². The Bertz CT molecular complexity index is 204. The van der Waals surface area contributed by atoms with Gasteiger partial charge in [-0.2, -0.15) is 0 Å². The summed E-state index contributed by atoms with van der Waals surface area (Å²) in [6.07, 6.45) is 15.4. The van der Waals surface area contributed by atoms with Crippen LogP contribution < -0.4 is 0 Å². The first-order valence-corrected chi connectivity index (χ1v) is 9.62. The molecule has 0 unspecified atom stereocenters. The Morgan fingerprint density at radius 2 is 1.00 bits per heavy atom. The largest absolute Gasteiger partial charge is 0.0698 e. The number of rotatable bonds is 2. The van der Waals surface area contributed by atoms with E-state index in [1.54, 1.807) is 25.7 Å². The Balaban J connectivity index is 0.00000162. The molecule has 0 saturated heterocycles. The molecule has 2 aliphatic carbocycles. The molecule has 0 radical (unpaired) electrons. The molecule has 2 saturated carbocycles. The van der Waals surface area contributed by atoms with Crippen molar-refractivity contribution in [1.29, 1.82) is 0 Å². The third-order valence-electron chi connectivity index (χ3n) is 4.96. The van der Waals surface area contributed by atoms with Gasteiger partial charge in [0.1, 0.15) is 0 Å². The van der Waals surface area contributed by atoms with Gasteiger partial charge in [-0.1, -0.05) is 12.8 Å². The first-order chi connectivity index (χ1) is 8.09. The molecule has 0 amide bonds. The summed E-state index contributed by atoms with van der Waals surface area (Å²) in [5.74, 6) is 0. The van der Waals surface area contributed by atoms with E-state index in [0.717, 1.165) is 11.3 Å². The average Bonchev–Trinajstić information content (AvgIpc) is 2.30. The van der Waals surface area contributed by atoms with Gasteiger partial charge in [0.15, 0.2) is 0 Å². The summed E-state index contributed by atoms with van der Waals surface area (Å²) >= 11 is 0. The van der Waals surface area contributed by atoms with E-state index in [-0.39, 0.29) is 28.3 Å². The second-order valence-corrected chi connectivity index (χ2v) is 11.4. The molecule has 2 rings (SSSR count). The molecule has 0 nitrogen and oxygen atoms in total. The second-order valence-electron chi connectivity index (χ2n) is 7.38. The van der Waals surface area contributed by atoms with E-state index < -0.39 is 0 Å². The van der Waals surface area contributed by atoms with Gasteiger partial charge in [-0.3, -0.25) is 0 Å². The fourth-order valence-corrected chi connectivity index (χ4v) is 9.56. The predicted octanol–water partition coefficient (Wildman–Crippen LogP) is 5.66. The van der Waals surface area contributed by atoms with Crippen LogP contribution in [0.5, 0.6) is 0 Å². The average molecular weight is 362 g/mol. The Morgan fingerprint density at radius 3 is 1.28 bits per heavy atom. The van der Waals surface area contributed by atoms with Crippen molar-refractivity contribution in [3.8, 4) is 0 Å². The number of hydrogen-bond acceptors (Lipinski definition) is 0. The van der Waals surface area contributed by atoms with Crippen molar-refractivity contribution in [3.63, 3.8) is 0 Å². The zero-order valence-corrected chi connectivity index (χ0v) is 15.1. The maximum atomic E-state index is 2.55. The van der Waals surface area contributed by atoms with Gasteiger partial charge in [0.2, 0.25) is 0 Å². The van der Waals surface area contributed by atoms with Gasteiger partial charge in [0, 0.05) is 28.3 Å². The minimum absolute atomic E-state index is 0. The van der Waals surface area contributed by atoms with Crippen molar-refractivity contribution >= 4 is 7.92 Å². The molecule has 0 bridgehead atoms. The maximum absolute atomic E-state index is 2.55. The van der Waals surface area contributed by atoms with Crippen LogP contribution in [-0.2, 0) is 20.4 Å². The van der Waals surface area contributed by atoms with E-state index in [9.17, 15) is 0 Å². The fraction of sp³-hybridized carbons (Fsp3) is 1.00. The van der Waals surface area contributed by atoms with Crippen LogP contribution in [0.3, 0.4) is 0 Å². The molecule has 18 heavy (non-hydrogen) atoms. The van der Waals surface area contributed by atoms with Crippen molar-refractivity contribution in [2.75, 3.05) is 0 Å². The minimum Gasteiger partial charge on any atom is -0.0530 e. The monoisotopic (exact) mass is 361 g/mol. The topological polar surface area (TPSA) is 0 Å². The third-order valence-corrected chi connectivity index (χ3v) is 9.60. The van der Waals surface area contributed by atoms with E-state index in [4.69, 9.17) is 0 Å². The van der Waals surface area contributed by atoms with Crippen LogP contribution >= 0.6 is 7.92 Å². The van der Waals surface area contributed by atoms with Crippen molar-refractivity contribution in [1.82, 2.24) is 0 Å². The van der Waals surface area contributed by atoms with Gasteiger partial charge in [0.05, 0.1) is 16.5 Å². The van der Waals surface area contributed by atoms with Gasteiger partial charge >= 0.3 is 0 Å². The van der Waals surface area contributed by atoms with E-state index in [2.05, 4.69) is 20.8 Å². The predicted molar refractivity (Wildman–Crippen MR) is 81.8 cm³/mol. The summed E-state index contributed by atoms with van der Waals surface area (Å²) in [5, 5.41) is 0.634. The fourth-order valence-electron chi connectivity index (χ4n) is 4.39. The van der Waals surface area contributed by atoms with Crippen LogP contribution in [0.1, 0.15) is 85.0 Å². The van der Waals surface area contributed by atoms with Crippen LogP contribution in [0.15, 0.2) is 0 Å². The SMILES string of the molecule is CC(C)(C)[PH+](C1CCCCC1)C1CCCCC1.[Pd]. The zero-order valence-electron chi connectivity index (χ0n) is 12.5. The first kappa shape index (κ1) is 17.1. The summed E-state index contributed by atoms with van der Waals surface area (Å²) in [5.41, 5.74) is 2.30. The molecule has 2 fully saturated rings. The van der Waals surface area contributed by atoms with Crippen LogP contribution in [0, 0.1) is 0 Å². The molecular formula is C16H32PPd+. The summed E-state index contributed by atoms with van der Waals surface area (Å²) in [6.45, 7) is 7.64. The van der Waals surface area contributed by atoms with Crippen LogP contribution in [-0.4, -0.2) is 16.5 Å². The Hall–Kier alpha value is 1.09. The molecule has 0 aliphatic heterocycles. The van der Waals surface area contributed by atoms with Crippen LogP contribution in [0.25, 0.3) is 0 Å². The Labute approximate surface area is 129 Å². The molecule has 110 valence electrons. The molecule has 0 aromatic heterocycles. The van der Waals surface area contributed by atoms with Gasteiger partial charge in [-0.05, 0) is 72.1 Å². The maximum Gasteiger partial charge on any atom is 0.0698 e. The van der Waals surface area contributed by atoms with Crippen molar-refractivity contribution in [2.45, 2.75) is 101 Å². The number of hydrogen-bond donors (Lipinski definition) is 0. The van der Waals surface area contributed by atoms with Gasteiger partial charge in [0.25, 0.3) is 0 Å². The molecule has 0 heterocycles. The second kappa shape index (κ2) is 7.76. The van der Waals surface area contributed by atoms with Gasteiger partial charge in [-0.15, -0.1) is 0 Å². The summed E-state index contributed by atoms with van der Waals surface area (Å²) < 4.78 is 0. The summed E-state index contributed by atoms with van der Waals surface area (Å²) in [6, 6.07) is 0. The standard InChI is InChI=1S/C16H31P.Pd/c1-16(2,3)17(14-10-6-4-7-11-14)15-12-8-5-9-13-15;/h14-15H,4-13H2,1-3H3;/p+1. The summed E-state index contributed by atoms with van der Waals surface area (Å²) in [7, 11) is -0.161. The normalized spacial score (nSPS) is 24.0. The molecule has 0 aromatic carbocycles. The minimum atomic E-state index is -0.161. The molecule has 2 heteroatoms. The zero-order chi connectivity index (χ0) is 12.3. The van der Waals surface area contributed by atoms with Gasteiger partial charge < -0.3 is 0 Å². The molecule has 0 N–H and O–H groups in total. The van der Waals surface area contributed by atoms with Crippen molar-refractivity contribution in [2.24, 2.45) is 0 Å².